The SMILES string of the molecule is Cc1c2cnn(-c3cccc(C#N)c3)c(=O)c2c(C)n1-c1ccc(O)cc1. The molecule has 2 aromatic heterocycles. The summed E-state index contributed by atoms with van der Waals surface area (Å²) in [7, 11) is 0. The monoisotopic (exact) mass is 356 g/mol. The Morgan fingerprint density at radius 2 is 1.78 bits per heavy atom. The number of phenols is 1. The van der Waals surface area contributed by atoms with Gasteiger partial charge in [0.15, 0.2) is 0 Å². The number of nitrogens with zero attached hydrogens (tertiary/aromatic N) is 4. The van der Waals surface area contributed by atoms with Gasteiger partial charge >= 0.3 is 0 Å². The van der Waals surface area contributed by atoms with E-state index in [1.165, 1.54) is 4.68 Å². The van der Waals surface area contributed by atoms with E-state index in [1.54, 1.807) is 54.7 Å². The summed E-state index contributed by atoms with van der Waals surface area (Å²) < 4.78 is 3.29. The zero-order valence-electron chi connectivity index (χ0n) is 14.8. The molecule has 0 spiro atoms. The average Bonchev–Trinajstić information content (AvgIpc) is 2.94. The summed E-state index contributed by atoms with van der Waals surface area (Å²) in [6, 6.07) is 15.7. The molecule has 4 rings (SSSR count). The van der Waals surface area contributed by atoms with Gasteiger partial charge in [-0.25, -0.2) is 0 Å². The fourth-order valence-corrected chi connectivity index (χ4v) is 3.44. The van der Waals surface area contributed by atoms with E-state index in [9.17, 15) is 9.90 Å². The Hall–Kier alpha value is -3.85. The Kier molecular flexibility index (Phi) is 3.78. The molecule has 0 amide bonds. The lowest BCUT2D eigenvalue weighted by Gasteiger charge is -2.09. The van der Waals surface area contributed by atoms with Crippen molar-refractivity contribution in [3.8, 4) is 23.2 Å². The maximum absolute atomic E-state index is 13.2. The first-order valence-electron chi connectivity index (χ1n) is 8.41. The highest BCUT2D eigenvalue weighted by Gasteiger charge is 2.18. The van der Waals surface area contributed by atoms with Crippen LogP contribution in [-0.2, 0) is 0 Å². The Morgan fingerprint density at radius 1 is 1.04 bits per heavy atom. The average molecular weight is 356 g/mol. The highest BCUT2D eigenvalue weighted by Crippen LogP contribution is 2.27. The lowest BCUT2D eigenvalue weighted by molar-refractivity contribution is 0.475. The summed E-state index contributed by atoms with van der Waals surface area (Å²) in [6.07, 6.45) is 1.68. The van der Waals surface area contributed by atoms with Crippen molar-refractivity contribution in [3.63, 3.8) is 0 Å². The quantitative estimate of drug-likeness (QED) is 0.597. The molecule has 2 heterocycles. The zero-order valence-corrected chi connectivity index (χ0v) is 14.8. The number of aromatic nitrogens is 3. The molecule has 2 aromatic carbocycles. The Bertz CT molecular complexity index is 1270. The largest absolute Gasteiger partial charge is 0.508 e. The fourth-order valence-electron chi connectivity index (χ4n) is 3.44. The smallest absolute Gasteiger partial charge is 0.281 e. The Morgan fingerprint density at radius 3 is 2.48 bits per heavy atom. The van der Waals surface area contributed by atoms with Gasteiger partial charge in [0.2, 0.25) is 0 Å². The molecular weight excluding hydrogens is 340 g/mol. The minimum atomic E-state index is -0.235. The molecule has 1 N–H and O–H groups in total. The third-order valence-corrected chi connectivity index (χ3v) is 4.73. The zero-order chi connectivity index (χ0) is 19.1. The minimum absolute atomic E-state index is 0.187. The van der Waals surface area contributed by atoms with Crippen LogP contribution in [0.15, 0.2) is 59.5 Å². The minimum Gasteiger partial charge on any atom is -0.508 e. The third-order valence-electron chi connectivity index (χ3n) is 4.73. The first-order chi connectivity index (χ1) is 13.0. The number of rotatable bonds is 2. The van der Waals surface area contributed by atoms with Gasteiger partial charge in [-0.2, -0.15) is 15.0 Å². The van der Waals surface area contributed by atoms with Crippen LogP contribution in [0.1, 0.15) is 17.0 Å². The number of aryl methyl sites for hydroxylation is 2. The molecule has 0 aliphatic carbocycles. The van der Waals surface area contributed by atoms with Crippen molar-refractivity contribution in [2.24, 2.45) is 0 Å². The summed E-state index contributed by atoms with van der Waals surface area (Å²) in [5.74, 6) is 0.187. The van der Waals surface area contributed by atoms with Gasteiger partial charge in [0.1, 0.15) is 5.75 Å². The highest BCUT2D eigenvalue weighted by molar-refractivity contribution is 5.88. The van der Waals surface area contributed by atoms with Gasteiger partial charge in [-0.1, -0.05) is 6.07 Å². The van der Waals surface area contributed by atoms with Crippen LogP contribution in [-0.4, -0.2) is 19.5 Å². The molecular formula is C21H16N4O2. The molecule has 6 nitrogen and oxygen atoms in total. The van der Waals surface area contributed by atoms with Crippen LogP contribution in [0.5, 0.6) is 5.75 Å². The number of hydrogen-bond acceptors (Lipinski definition) is 4. The van der Waals surface area contributed by atoms with Crippen LogP contribution in [0.4, 0.5) is 0 Å². The van der Waals surface area contributed by atoms with Crippen molar-refractivity contribution in [3.05, 3.63) is 82.0 Å². The highest BCUT2D eigenvalue weighted by atomic mass is 16.3. The van der Waals surface area contributed by atoms with Crippen molar-refractivity contribution in [2.45, 2.75) is 13.8 Å². The molecule has 0 fully saturated rings. The molecule has 0 bridgehead atoms. The first-order valence-corrected chi connectivity index (χ1v) is 8.41. The van der Waals surface area contributed by atoms with Gasteiger partial charge in [-0.3, -0.25) is 4.79 Å². The van der Waals surface area contributed by atoms with Crippen LogP contribution >= 0.6 is 0 Å². The molecule has 0 atom stereocenters. The Labute approximate surface area is 155 Å². The second-order valence-corrected chi connectivity index (χ2v) is 6.33. The lowest BCUT2D eigenvalue weighted by Crippen LogP contribution is -2.21. The van der Waals surface area contributed by atoms with Crippen molar-refractivity contribution in [1.29, 1.82) is 5.26 Å². The fraction of sp³-hybridized carbons (Fsp3) is 0.0952. The van der Waals surface area contributed by atoms with Gasteiger partial charge in [-0.15, -0.1) is 0 Å². The second-order valence-electron chi connectivity index (χ2n) is 6.33. The summed E-state index contributed by atoms with van der Waals surface area (Å²) in [5.41, 5.74) is 3.34. The van der Waals surface area contributed by atoms with Crippen LogP contribution in [0, 0.1) is 25.2 Å². The second kappa shape index (κ2) is 6.15. The van der Waals surface area contributed by atoms with Crippen LogP contribution in [0.3, 0.4) is 0 Å². The van der Waals surface area contributed by atoms with E-state index in [0.29, 0.717) is 16.6 Å². The molecule has 4 aromatic rings. The number of aromatic hydroxyl groups is 1. The number of hydrogen-bond donors (Lipinski definition) is 1. The standard InChI is InChI=1S/C21H16N4O2/c1-13-19-12-23-25(17-5-3-4-15(10-17)11-22)21(27)20(19)14(2)24(13)16-6-8-18(26)9-7-16/h3-10,12,26H,1-2H3. The van der Waals surface area contributed by atoms with E-state index in [1.807, 2.05) is 18.4 Å². The van der Waals surface area contributed by atoms with Crippen molar-refractivity contribution in [1.82, 2.24) is 14.3 Å². The summed E-state index contributed by atoms with van der Waals surface area (Å²) in [4.78, 5) is 13.2. The summed E-state index contributed by atoms with van der Waals surface area (Å²) >= 11 is 0. The molecule has 0 aliphatic rings. The maximum Gasteiger partial charge on any atom is 0.281 e. The number of nitriles is 1. The topological polar surface area (TPSA) is 83.8 Å². The predicted molar refractivity (Wildman–Crippen MR) is 103 cm³/mol. The van der Waals surface area contributed by atoms with E-state index in [4.69, 9.17) is 5.26 Å². The van der Waals surface area contributed by atoms with E-state index in [2.05, 4.69) is 11.2 Å². The molecule has 0 aliphatic heterocycles. The first kappa shape index (κ1) is 16.6. The summed E-state index contributed by atoms with van der Waals surface area (Å²) in [6.45, 7) is 3.82. The van der Waals surface area contributed by atoms with E-state index >= 15 is 0 Å². The van der Waals surface area contributed by atoms with Crippen molar-refractivity contribution < 1.29 is 5.11 Å². The van der Waals surface area contributed by atoms with Crippen LogP contribution in [0.2, 0.25) is 0 Å². The molecule has 6 heteroatoms. The third kappa shape index (κ3) is 2.57. The molecule has 0 saturated carbocycles. The molecule has 132 valence electrons. The molecule has 0 radical (unpaired) electrons. The maximum atomic E-state index is 13.2. The number of fused-ring (bicyclic) bond motifs is 1. The molecule has 0 saturated heterocycles. The number of benzene rings is 2. The van der Waals surface area contributed by atoms with E-state index in [0.717, 1.165) is 22.5 Å². The van der Waals surface area contributed by atoms with Crippen LogP contribution < -0.4 is 5.56 Å². The van der Waals surface area contributed by atoms with Crippen molar-refractivity contribution in [2.75, 3.05) is 0 Å². The predicted octanol–water partition coefficient (Wildman–Crippen LogP) is 3.37. The van der Waals surface area contributed by atoms with E-state index < -0.39 is 0 Å². The number of phenolic OH excluding ortho intramolecular Hbond substituents is 1. The summed E-state index contributed by atoms with van der Waals surface area (Å²) in [5, 5.41) is 24.3. The molecule has 0 unspecified atom stereocenters. The molecule has 27 heavy (non-hydrogen) atoms. The van der Waals surface area contributed by atoms with E-state index in [-0.39, 0.29) is 11.3 Å². The van der Waals surface area contributed by atoms with Gasteiger partial charge in [0.25, 0.3) is 5.56 Å². The van der Waals surface area contributed by atoms with Gasteiger partial charge in [0, 0.05) is 22.5 Å². The van der Waals surface area contributed by atoms with Gasteiger partial charge in [-0.05, 0) is 56.3 Å². The van der Waals surface area contributed by atoms with Crippen LogP contribution in [0.25, 0.3) is 22.1 Å². The Balaban J connectivity index is 1.99. The normalized spacial score (nSPS) is 10.9. The van der Waals surface area contributed by atoms with Crippen molar-refractivity contribution >= 4 is 10.8 Å². The lowest BCUT2D eigenvalue weighted by atomic mass is 10.2. The van der Waals surface area contributed by atoms with Gasteiger partial charge < -0.3 is 9.67 Å². The van der Waals surface area contributed by atoms with Gasteiger partial charge in [0.05, 0.1) is 28.9 Å².